The van der Waals surface area contributed by atoms with Crippen molar-refractivity contribution in [1.29, 1.82) is 0 Å². The highest BCUT2D eigenvalue weighted by Crippen LogP contribution is 2.38. The normalized spacial score (nSPS) is 12.0. The van der Waals surface area contributed by atoms with Gasteiger partial charge in [0.25, 0.3) is 22.6 Å². The van der Waals surface area contributed by atoms with Crippen LogP contribution in [0.2, 0.25) is 0 Å². The molecular weight excluding hydrogens is 1250 g/mol. The number of aromatic nitrogens is 12. The molecule has 12 nitrogen and oxygen atoms in total. The van der Waals surface area contributed by atoms with Gasteiger partial charge in [-0.3, -0.25) is 19.9 Å². The van der Waals surface area contributed by atoms with E-state index in [0.29, 0.717) is 0 Å². The number of imidazole rings is 4. The van der Waals surface area contributed by atoms with Gasteiger partial charge in [-0.25, -0.2) is 18.3 Å². The van der Waals surface area contributed by atoms with Crippen molar-refractivity contribution >= 4 is 154 Å². The minimum Gasteiger partial charge on any atom is -0.255 e. The number of rotatable bonds is 2. The van der Waals surface area contributed by atoms with Crippen LogP contribution in [0.15, 0.2) is 195 Å². The van der Waals surface area contributed by atoms with Crippen molar-refractivity contribution in [3.63, 3.8) is 0 Å². The van der Waals surface area contributed by atoms with Gasteiger partial charge >= 0.3 is 0 Å². The Balaban J connectivity index is 0.000000101. The predicted molar refractivity (Wildman–Crippen MR) is 422 cm³/mol. The SMILES string of the molecule is CCc1cc(C)c2c(n1)c1c(CC)cccc1n1c3ccccc3[n+](C)c21.Cc1ccc2c(c1)c1nccc(C)c1c1n(C)c3cc(C)ccc3[n+]21.Cc1ccc2c(c1)c1nccc(C)c1c1n2c2cc(C)ccc2[n+]1C.Cc1ccc2c3nccc(C)c3c3n(c2c1)c1ccc(C)cc1[n+]3C. The lowest BCUT2D eigenvalue weighted by atomic mass is 10.0. The molecule has 12 heteroatoms. The molecule has 0 radical (unpaired) electrons. The minimum absolute atomic E-state index is 0.951. The average Bonchev–Trinajstić information content (AvgIpc) is 1.54. The van der Waals surface area contributed by atoms with Crippen LogP contribution in [0.4, 0.5) is 0 Å². The van der Waals surface area contributed by atoms with Crippen molar-refractivity contribution in [2.24, 2.45) is 28.2 Å². The smallest absolute Gasteiger partial charge is 0.255 e. The molecule has 0 aliphatic rings. The molecule has 0 bridgehead atoms. The number of aryl methyl sites for hydroxylation is 16. The van der Waals surface area contributed by atoms with Gasteiger partial charge in [0, 0.05) is 40.4 Å². The molecule has 0 N–H and O–H groups in total. The molecule has 0 atom stereocenters. The molecule has 0 fully saturated rings. The lowest BCUT2D eigenvalue weighted by Crippen LogP contribution is -2.27. The second-order valence-electron chi connectivity index (χ2n) is 28.6. The number of benzene rings is 8. The lowest BCUT2D eigenvalue weighted by molar-refractivity contribution is -0.617. The van der Waals surface area contributed by atoms with Gasteiger partial charge in [-0.15, -0.1) is 0 Å². The van der Waals surface area contributed by atoms with Crippen LogP contribution in [0.3, 0.4) is 0 Å². The summed E-state index contributed by atoms with van der Waals surface area (Å²) in [5.41, 5.74) is 39.3. The molecule has 20 aromatic rings. The third-order valence-corrected chi connectivity index (χ3v) is 21.7. The van der Waals surface area contributed by atoms with Crippen LogP contribution in [0.25, 0.3) is 154 Å². The fourth-order valence-electron chi connectivity index (χ4n) is 16.8. The van der Waals surface area contributed by atoms with Crippen LogP contribution in [-0.2, 0) is 41.0 Å². The second-order valence-corrected chi connectivity index (χ2v) is 28.6. The first-order valence-electron chi connectivity index (χ1n) is 35.7. The predicted octanol–water partition coefficient (Wildman–Crippen LogP) is 18.7. The van der Waals surface area contributed by atoms with Gasteiger partial charge in [0.2, 0.25) is 0 Å². The van der Waals surface area contributed by atoms with Crippen LogP contribution in [0.5, 0.6) is 0 Å². The van der Waals surface area contributed by atoms with E-state index in [0.717, 1.165) is 40.6 Å². The maximum Gasteiger partial charge on any atom is 0.297 e. The van der Waals surface area contributed by atoms with Crippen molar-refractivity contribution in [1.82, 2.24) is 37.7 Å². The molecule has 0 aliphatic carbocycles. The van der Waals surface area contributed by atoms with Gasteiger partial charge in [0.15, 0.2) is 44.1 Å². The summed E-state index contributed by atoms with van der Waals surface area (Å²) in [7, 11) is 8.63. The van der Waals surface area contributed by atoms with E-state index in [4.69, 9.17) is 19.9 Å². The molecular formula is C90H84N12+4. The number of hydrogen-bond acceptors (Lipinski definition) is 4. The number of hydrogen-bond donors (Lipinski definition) is 0. The summed E-state index contributed by atoms with van der Waals surface area (Å²) < 4.78 is 18.8. The van der Waals surface area contributed by atoms with Gasteiger partial charge in [-0.2, -0.15) is 17.6 Å². The first-order chi connectivity index (χ1) is 49.3. The molecule has 0 saturated carbocycles. The van der Waals surface area contributed by atoms with E-state index in [1.165, 1.54) is 193 Å². The molecule has 0 aliphatic heterocycles. The number of fused-ring (bicyclic) bond motifs is 32. The molecule has 0 spiro atoms. The van der Waals surface area contributed by atoms with Crippen molar-refractivity contribution < 1.29 is 18.1 Å². The highest BCUT2D eigenvalue weighted by Gasteiger charge is 2.30. The van der Waals surface area contributed by atoms with Crippen LogP contribution in [-0.4, -0.2) is 37.7 Å². The first kappa shape index (κ1) is 63.7. The topological polar surface area (TPSA) is 85.5 Å². The van der Waals surface area contributed by atoms with E-state index < -0.39 is 0 Å². The highest BCUT2D eigenvalue weighted by atomic mass is 15.1. The van der Waals surface area contributed by atoms with Crippen LogP contribution < -0.4 is 18.1 Å². The van der Waals surface area contributed by atoms with Gasteiger partial charge in [-0.05, 0) is 247 Å². The Morgan fingerprint density at radius 3 is 1.42 bits per heavy atom. The third kappa shape index (κ3) is 9.55. The monoisotopic (exact) mass is 1330 g/mol. The molecule has 12 aromatic heterocycles. The molecule has 0 unspecified atom stereocenters. The Bertz CT molecular complexity index is 6970. The molecule has 8 aromatic carbocycles. The maximum absolute atomic E-state index is 5.13. The van der Waals surface area contributed by atoms with Crippen molar-refractivity contribution in [2.45, 2.75) is 95.9 Å². The Morgan fingerprint density at radius 2 is 0.775 bits per heavy atom. The maximum atomic E-state index is 5.13. The molecule has 102 heavy (non-hydrogen) atoms. The van der Waals surface area contributed by atoms with Crippen molar-refractivity contribution in [2.75, 3.05) is 0 Å². The molecule has 20 rings (SSSR count). The highest BCUT2D eigenvalue weighted by molar-refractivity contribution is 6.15. The number of pyridine rings is 8. The zero-order chi connectivity index (χ0) is 70.6. The van der Waals surface area contributed by atoms with Gasteiger partial charge in [-0.1, -0.05) is 85.6 Å². The lowest BCUT2D eigenvalue weighted by Gasteiger charge is -2.11. The van der Waals surface area contributed by atoms with E-state index >= 15 is 0 Å². The molecule has 0 amide bonds. The van der Waals surface area contributed by atoms with Gasteiger partial charge < -0.3 is 0 Å². The number of nitrogens with zero attached hydrogens (tertiary/aromatic N) is 12. The quantitative estimate of drug-likeness (QED) is 0.127. The summed E-state index contributed by atoms with van der Waals surface area (Å²) in [6.07, 6.45) is 7.71. The Kier molecular flexibility index (Phi) is 15.0. The van der Waals surface area contributed by atoms with Crippen LogP contribution >= 0.6 is 0 Å². The second kappa shape index (κ2) is 24.0. The van der Waals surface area contributed by atoms with E-state index in [9.17, 15) is 0 Å². The van der Waals surface area contributed by atoms with Crippen molar-refractivity contribution in [3.8, 4) is 0 Å². The van der Waals surface area contributed by atoms with Crippen LogP contribution in [0, 0.1) is 69.2 Å². The summed E-state index contributed by atoms with van der Waals surface area (Å²) in [6, 6.07) is 63.9. The minimum atomic E-state index is 0.951. The third-order valence-electron chi connectivity index (χ3n) is 21.7. The van der Waals surface area contributed by atoms with Gasteiger partial charge in [0.1, 0.15) is 22.1 Å². The molecule has 12 heterocycles. The van der Waals surface area contributed by atoms with E-state index in [-0.39, 0.29) is 0 Å². The largest absolute Gasteiger partial charge is 0.297 e. The zero-order valence-electron chi connectivity index (χ0n) is 61.3. The Hall–Kier alpha value is -11.8. The summed E-state index contributed by atoms with van der Waals surface area (Å²) in [5.74, 6) is 0. The standard InChI is InChI=1S/C24H24N3.3C22H20N3/c1-5-16-10-9-13-20-22(16)23-21(15(3)14-17(6-2)25-23)24-26(4)18-11-7-8-12-19(18)27(20)24;1-13-5-7-17-16(11-13)21-20(15(3)9-10-23-21)22-24(4)19-12-14(2)6-8-18(19)25(17)22;1-13-5-7-17-16(11-13)21-20(15(3)9-10-23-21)22-24(4)18-8-6-14(2)12-19(18)25(17)22;1-13-5-7-16-18(11-13)25-17-8-6-14(2)12-19(17)24(4)22(25)20-15(3)9-10-23-21(16)20/h7-14H,5-6H2,1-4H3;3*5-12H,1-4H3/q4*+1. The zero-order valence-corrected chi connectivity index (χ0v) is 61.3. The van der Waals surface area contributed by atoms with Gasteiger partial charge in [0.05, 0.1) is 77.2 Å². The fourth-order valence-corrected chi connectivity index (χ4v) is 16.8. The van der Waals surface area contributed by atoms with Crippen LogP contribution in [0.1, 0.15) is 80.7 Å². The van der Waals surface area contributed by atoms with E-state index in [1.807, 2.05) is 18.6 Å². The summed E-state index contributed by atoms with van der Waals surface area (Å²) >= 11 is 0. The average molecular weight is 1330 g/mol. The molecule has 0 saturated heterocycles. The Labute approximate surface area is 591 Å². The summed E-state index contributed by atoms with van der Waals surface area (Å²) in [5, 5.41) is 9.88. The molecule has 500 valence electrons. The first-order valence-corrected chi connectivity index (χ1v) is 35.7. The van der Waals surface area contributed by atoms with E-state index in [1.54, 1.807) is 0 Å². The summed E-state index contributed by atoms with van der Waals surface area (Å²) in [6.45, 7) is 26.0. The fraction of sp³-hybridized carbons (Fsp3) is 0.200. The number of para-hydroxylation sites is 2. The van der Waals surface area contributed by atoms with Crippen molar-refractivity contribution in [3.05, 3.63) is 261 Å². The Morgan fingerprint density at radius 1 is 0.314 bits per heavy atom. The van der Waals surface area contributed by atoms with E-state index in [2.05, 4.69) is 323 Å². The summed E-state index contributed by atoms with van der Waals surface area (Å²) in [4.78, 5) is 19.4.